The summed E-state index contributed by atoms with van der Waals surface area (Å²) in [5.74, 6) is 0.851. The molecule has 0 saturated heterocycles. The minimum atomic E-state index is 0.826. The van der Waals surface area contributed by atoms with Gasteiger partial charge in [-0.25, -0.2) is 0 Å². The summed E-state index contributed by atoms with van der Waals surface area (Å²) in [6.07, 6.45) is 0. The van der Waals surface area contributed by atoms with Crippen LogP contribution in [0.25, 0.3) is 0 Å². The molecule has 0 unspecified atom stereocenters. The first-order chi connectivity index (χ1) is 5.18. The molecule has 1 aromatic carbocycles. The van der Waals surface area contributed by atoms with E-state index in [9.17, 15) is 0 Å². The fourth-order valence-electron chi connectivity index (χ4n) is 0.669. The second-order valence-electron chi connectivity index (χ2n) is 2.05. The SMILES string of the molecule is C[C](=[Cr])Oc1ccc(Br)cc1. The van der Waals surface area contributed by atoms with Crippen LogP contribution in [0, 0.1) is 0 Å². The minimum absolute atomic E-state index is 0.826. The zero-order valence-corrected chi connectivity index (χ0v) is 8.86. The van der Waals surface area contributed by atoms with Gasteiger partial charge in [0.15, 0.2) is 0 Å². The van der Waals surface area contributed by atoms with Crippen LogP contribution in [0.15, 0.2) is 28.7 Å². The molecule has 0 aliphatic rings. The molecule has 0 saturated carbocycles. The summed E-state index contributed by atoms with van der Waals surface area (Å²) < 4.78 is 7.19. The van der Waals surface area contributed by atoms with E-state index in [-0.39, 0.29) is 0 Å². The number of rotatable bonds is 2. The Morgan fingerprint density at radius 3 is 2.36 bits per heavy atom. The van der Waals surface area contributed by atoms with Crippen molar-refractivity contribution in [2.75, 3.05) is 0 Å². The van der Waals surface area contributed by atoms with Gasteiger partial charge in [-0.2, -0.15) is 0 Å². The van der Waals surface area contributed by atoms with E-state index < -0.39 is 0 Å². The second kappa shape index (κ2) is 4.06. The van der Waals surface area contributed by atoms with Crippen LogP contribution >= 0.6 is 15.9 Å². The summed E-state index contributed by atoms with van der Waals surface area (Å²) in [7, 11) is 0. The zero-order valence-electron chi connectivity index (χ0n) is 6.00. The molecule has 0 aliphatic carbocycles. The maximum atomic E-state index is 5.31. The van der Waals surface area contributed by atoms with E-state index in [0.29, 0.717) is 0 Å². The Morgan fingerprint density at radius 1 is 1.36 bits per heavy atom. The van der Waals surface area contributed by atoms with Crippen LogP contribution < -0.4 is 4.74 Å². The van der Waals surface area contributed by atoms with E-state index >= 15 is 0 Å². The van der Waals surface area contributed by atoms with E-state index in [4.69, 9.17) is 4.74 Å². The number of hydrogen-bond acceptors (Lipinski definition) is 1. The van der Waals surface area contributed by atoms with Gasteiger partial charge in [-0.1, -0.05) is 0 Å². The van der Waals surface area contributed by atoms with Gasteiger partial charge >= 0.3 is 82.5 Å². The van der Waals surface area contributed by atoms with Gasteiger partial charge in [0.25, 0.3) is 0 Å². The predicted octanol–water partition coefficient (Wildman–Crippen LogP) is 2.52. The van der Waals surface area contributed by atoms with Crippen molar-refractivity contribution in [2.45, 2.75) is 6.92 Å². The van der Waals surface area contributed by atoms with Gasteiger partial charge in [0.1, 0.15) is 0 Å². The number of halogens is 1. The molecule has 0 fully saturated rings. The molecule has 0 atom stereocenters. The number of ether oxygens (including phenoxy) is 1. The molecule has 0 spiro atoms. The molecule has 1 rings (SSSR count). The fraction of sp³-hybridized carbons (Fsp3) is 0.125. The third-order valence-corrected chi connectivity index (χ3v) is 1.73. The maximum absolute atomic E-state index is 5.31. The Hall–Kier alpha value is -0.0975. The van der Waals surface area contributed by atoms with E-state index in [2.05, 4.69) is 31.8 Å². The van der Waals surface area contributed by atoms with Crippen LogP contribution in [0.3, 0.4) is 0 Å². The molecule has 58 valence electrons. The quantitative estimate of drug-likeness (QED) is 0.784. The molecule has 0 bridgehead atoms. The molecule has 1 nitrogen and oxygen atoms in total. The molecule has 0 amide bonds. The Labute approximate surface area is 82.5 Å². The second-order valence-corrected chi connectivity index (χ2v) is 3.86. The monoisotopic (exact) mass is 250 g/mol. The number of benzene rings is 1. The topological polar surface area (TPSA) is 9.23 Å². The van der Waals surface area contributed by atoms with Crippen LogP contribution in [0.5, 0.6) is 5.75 Å². The van der Waals surface area contributed by atoms with Crippen molar-refractivity contribution in [1.29, 1.82) is 0 Å². The van der Waals surface area contributed by atoms with Crippen LogP contribution in [0.2, 0.25) is 0 Å². The fourth-order valence-corrected chi connectivity index (χ4v) is 1.08. The molecule has 11 heavy (non-hydrogen) atoms. The molecule has 0 aromatic heterocycles. The third kappa shape index (κ3) is 3.20. The summed E-state index contributed by atoms with van der Waals surface area (Å²) in [5, 5.41) is 0. The van der Waals surface area contributed by atoms with Crippen LogP contribution in [-0.2, 0) is 15.9 Å². The number of hydrogen-bond donors (Lipinski definition) is 0. The molecule has 3 heteroatoms. The molecular weight excluding hydrogens is 244 g/mol. The summed E-state index contributed by atoms with van der Waals surface area (Å²) in [6.45, 7) is 1.88. The molecule has 0 heterocycles. The average molecular weight is 251 g/mol. The predicted molar refractivity (Wildman–Crippen MR) is 45.5 cm³/mol. The van der Waals surface area contributed by atoms with Gasteiger partial charge in [0.2, 0.25) is 0 Å². The van der Waals surface area contributed by atoms with Gasteiger partial charge in [-0.3, -0.25) is 0 Å². The van der Waals surface area contributed by atoms with Crippen molar-refractivity contribution in [2.24, 2.45) is 0 Å². The van der Waals surface area contributed by atoms with Gasteiger partial charge in [-0.05, 0) is 0 Å². The van der Waals surface area contributed by atoms with E-state index in [1.165, 1.54) is 0 Å². The van der Waals surface area contributed by atoms with Gasteiger partial charge in [0.05, 0.1) is 0 Å². The first-order valence-electron chi connectivity index (χ1n) is 3.12. The van der Waals surface area contributed by atoms with Crippen molar-refractivity contribution in [1.82, 2.24) is 0 Å². The Balaban J connectivity index is 2.74. The van der Waals surface area contributed by atoms with Crippen molar-refractivity contribution >= 4 is 20.5 Å². The summed E-state index contributed by atoms with van der Waals surface area (Å²) in [6, 6.07) is 7.70. The van der Waals surface area contributed by atoms with Crippen LogP contribution in [-0.4, -0.2) is 4.57 Å². The standard InChI is InChI=1S/C8H7BrO.Cr/c1-2-10-8-5-3-7(9)4-6-8;/h3-6H,1H3;. The van der Waals surface area contributed by atoms with Crippen LogP contribution in [0.1, 0.15) is 6.92 Å². The Kier molecular flexibility index (Phi) is 3.32. The van der Waals surface area contributed by atoms with Crippen LogP contribution in [0.4, 0.5) is 0 Å². The summed E-state index contributed by atoms with van der Waals surface area (Å²) >= 11 is 6.13. The third-order valence-electron chi connectivity index (χ3n) is 1.08. The van der Waals surface area contributed by atoms with Crippen molar-refractivity contribution < 1.29 is 20.6 Å². The van der Waals surface area contributed by atoms with E-state index in [1.807, 2.05) is 31.2 Å². The molecule has 0 radical (unpaired) electrons. The molecule has 0 aliphatic heterocycles. The van der Waals surface area contributed by atoms with E-state index in [0.717, 1.165) is 14.8 Å². The van der Waals surface area contributed by atoms with Gasteiger partial charge in [0, 0.05) is 0 Å². The van der Waals surface area contributed by atoms with Gasteiger partial charge < -0.3 is 0 Å². The molecule has 1 aromatic rings. The average Bonchev–Trinajstić information content (AvgIpc) is 1.93. The first kappa shape index (κ1) is 8.99. The van der Waals surface area contributed by atoms with Gasteiger partial charge in [-0.15, -0.1) is 0 Å². The van der Waals surface area contributed by atoms with Crippen molar-refractivity contribution in [3.8, 4) is 5.75 Å². The zero-order chi connectivity index (χ0) is 8.27. The van der Waals surface area contributed by atoms with Crippen molar-refractivity contribution in [3.63, 3.8) is 0 Å². The summed E-state index contributed by atoms with van der Waals surface area (Å²) in [5.41, 5.74) is 0. The van der Waals surface area contributed by atoms with E-state index in [1.54, 1.807) is 0 Å². The Bertz CT molecular complexity index is 255. The first-order valence-corrected chi connectivity index (χ1v) is 4.55. The summed E-state index contributed by atoms with van der Waals surface area (Å²) in [4.78, 5) is 0. The molecular formula is C8H7BrCrO. The Morgan fingerprint density at radius 2 is 1.91 bits per heavy atom. The van der Waals surface area contributed by atoms with Crippen molar-refractivity contribution in [3.05, 3.63) is 28.7 Å². The normalized spacial score (nSPS) is 9.27. The molecule has 0 N–H and O–H groups in total.